The van der Waals surface area contributed by atoms with Crippen molar-refractivity contribution in [3.63, 3.8) is 0 Å². The van der Waals surface area contributed by atoms with Crippen LogP contribution in [0.3, 0.4) is 0 Å². The first-order valence-electron chi connectivity index (χ1n) is 8.52. The van der Waals surface area contributed by atoms with Crippen LogP contribution in [0.15, 0.2) is 39.1 Å². The second-order valence-corrected chi connectivity index (χ2v) is 9.05. The first kappa shape index (κ1) is 20.5. The third-order valence-corrected chi connectivity index (χ3v) is 7.00. The highest BCUT2D eigenvalue weighted by molar-refractivity contribution is 7.93. The number of aryl methyl sites for hydroxylation is 1. The van der Waals surface area contributed by atoms with Crippen molar-refractivity contribution in [2.45, 2.75) is 11.8 Å². The van der Waals surface area contributed by atoms with Gasteiger partial charge < -0.3 is 14.0 Å². The Hall–Kier alpha value is -2.73. The summed E-state index contributed by atoms with van der Waals surface area (Å²) in [5, 5.41) is 5.41. The molecule has 0 unspecified atom stereocenters. The number of nitrogens with one attached hydrogen (secondary N) is 2. The number of anilines is 1. The molecule has 0 radical (unpaired) electrons. The molecule has 0 fully saturated rings. The average molecular weight is 470 g/mol. The van der Waals surface area contributed by atoms with E-state index in [0.29, 0.717) is 27.8 Å². The number of benzene rings is 1. The van der Waals surface area contributed by atoms with Crippen LogP contribution in [-0.4, -0.2) is 27.5 Å². The van der Waals surface area contributed by atoms with Gasteiger partial charge in [0.05, 0.1) is 17.7 Å². The van der Waals surface area contributed by atoms with Crippen LogP contribution in [0.4, 0.5) is 5.88 Å². The van der Waals surface area contributed by atoms with Crippen molar-refractivity contribution in [2.24, 2.45) is 0 Å². The Bertz CT molecular complexity index is 1220. The highest BCUT2D eigenvalue weighted by Crippen LogP contribution is 2.35. The van der Waals surface area contributed by atoms with E-state index >= 15 is 0 Å². The number of ether oxygens (including phenoxy) is 2. The van der Waals surface area contributed by atoms with Crippen LogP contribution in [0.1, 0.15) is 16.1 Å². The number of hydrogen-bond acceptors (Lipinski definition) is 9. The van der Waals surface area contributed by atoms with Gasteiger partial charge in [-0.05, 0) is 42.1 Å². The van der Waals surface area contributed by atoms with Gasteiger partial charge in [-0.1, -0.05) is 22.8 Å². The number of thiophene rings is 1. The molecule has 0 saturated carbocycles. The van der Waals surface area contributed by atoms with Crippen LogP contribution in [0.2, 0.25) is 5.02 Å². The lowest BCUT2D eigenvalue weighted by atomic mass is 10.1. The van der Waals surface area contributed by atoms with Gasteiger partial charge in [0, 0.05) is 0 Å². The Morgan fingerprint density at radius 1 is 1.30 bits per heavy atom. The molecule has 2 N–H and O–H groups in total. The third kappa shape index (κ3) is 3.97. The molecule has 0 aliphatic carbocycles. The molecule has 0 spiro atoms. The van der Waals surface area contributed by atoms with E-state index in [-0.39, 0.29) is 22.6 Å². The second kappa shape index (κ2) is 8.19. The van der Waals surface area contributed by atoms with Crippen molar-refractivity contribution in [1.82, 2.24) is 10.6 Å². The lowest BCUT2D eigenvalue weighted by Crippen LogP contribution is -2.16. The maximum absolute atomic E-state index is 13.0. The van der Waals surface area contributed by atoms with E-state index in [1.807, 2.05) is 6.07 Å². The molecule has 12 heteroatoms. The zero-order valence-electron chi connectivity index (χ0n) is 15.8. The molecule has 1 aliphatic rings. The molecule has 0 saturated heterocycles. The second-order valence-electron chi connectivity index (χ2n) is 6.11. The van der Waals surface area contributed by atoms with Crippen molar-refractivity contribution in [1.29, 1.82) is 0 Å². The fourth-order valence-electron chi connectivity index (χ4n) is 2.73. The molecule has 30 heavy (non-hydrogen) atoms. The van der Waals surface area contributed by atoms with Gasteiger partial charge in [-0.3, -0.25) is 10.3 Å². The number of hydrogen-bond donors (Lipinski definition) is 2. The van der Waals surface area contributed by atoms with Gasteiger partial charge in [0.1, 0.15) is 15.6 Å². The van der Waals surface area contributed by atoms with Crippen molar-refractivity contribution in [3.05, 3.63) is 50.8 Å². The summed E-state index contributed by atoms with van der Waals surface area (Å²) in [6.45, 7) is 1.77. The third-order valence-electron chi connectivity index (χ3n) is 4.10. The molecule has 9 nitrogen and oxygen atoms in total. The number of sulfonamides is 1. The van der Waals surface area contributed by atoms with Gasteiger partial charge in [0.15, 0.2) is 11.5 Å². The molecule has 1 aromatic carbocycles. The zero-order chi connectivity index (χ0) is 21.3. The number of hydroxylamine groups is 1. The topological polar surface area (TPSA) is 112 Å². The number of nitrogens with zero attached hydrogens (tertiary/aromatic N) is 1. The van der Waals surface area contributed by atoms with Gasteiger partial charge in [-0.2, -0.15) is 0 Å². The quantitative estimate of drug-likeness (QED) is 0.501. The fourth-order valence-corrected chi connectivity index (χ4v) is 5.30. The molecule has 0 atom stereocenters. The molecular weight excluding hydrogens is 454 g/mol. The minimum Gasteiger partial charge on any atom is -0.454 e. The molecule has 3 aromatic rings. The molecule has 4 rings (SSSR count). The Morgan fingerprint density at radius 3 is 2.83 bits per heavy atom. The maximum Gasteiger partial charge on any atom is 0.265 e. The largest absolute Gasteiger partial charge is 0.454 e. The van der Waals surface area contributed by atoms with Gasteiger partial charge in [-0.25, -0.2) is 13.1 Å². The van der Waals surface area contributed by atoms with Crippen molar-refractivity contribution >= 4 is 50.6 Å². The summed E-state index contributed by atoms with van der Waals surface area (Å²) in [5.74, 6) is 1.11. The van der Waals surface area contributed by atoms with Gasteiger partial charge in [0.2, 0.25) is 6.79 Å². The Labute approximate surface area is 181 Å². The SMILES string of the molecule is CONC(=Cc1ccc2c(c1)OCO2)c1sccc1S(=O)(=O)Nc1onc(C)c1Cl. The highest BCUT2D eigenvalue weighted by atomic mass is 35.5. The van der Waals surface area contributed by atoms with Gasteiger partial charge in [-0.15, -0.1) is 11.3 Å². The fraction of sp³-hybridized carbons (Fsp3) is 0.167. The summed E-state index contributed by atoms with van der Waals surface area (Å²) in [7, 11) is -2.58. The van der Waals surface area contributed by atoms with Crippen LogP contribution < -0.4 is 19.7 Å². The van der Waals surface area contributed by atoms with Crippen LogP contribution in [-0.2, 0) is 14.9 Å². The number of rotatable bonds is 7. The lowest BCUT2D eigenvalue weighted by molar-refractivity contribution is 0.137. The van der Waals surface area contributed by atoms with Gasteiger partial charge in [0.25, 0.3) is 15.9 Å². The maximum atomic E-state index is 13.0. The minimum atomic E-state index is -4.01. The average Bonchev–Trinajstić information content (AvgIpc) is 3.44. The van der Waals surface area contributed by atoms with Crippen molar-refractivity contribution < 1.29 is 27.3 Å². The zero-order valence-corrected chi connectivity index (χ0v) is 18.2. The molecule has 0 amide bonds. The smallest absolute Gasteiger partial charge is 0.265 e. The van der Waals surface area contributed by atoms with Crippen LogP contribution >= 0.6 is 22.9 Å². The molecule has 3 heterocycles. The van der Waals surface area contributed by atoms with Gasteiger partial charge >= 0.3 is 0 Å². The summed E-state index contributed by atoms with van der Waals surface area (Å²) >= 11 is 7.26. The number of aromatic nitrogens is 1. The van der Waals surface area contributed by atoms with E-state index in [1.54, 1.807) is 30.5 Å². The van der Waals surface area contributed by atoms with Crippen LogP contribution in [0, 0.1) is 6.92 Å². The Morgan fingerprint density at radius 2 is 2.10 bits per heavy atom. The highest BCUT2D eigenvalue weighted by Gasteiger charge is 2.26. The normalized spacial score (nSPS) is 13.5. The molecule has 2 aromatic heterocycles. The summed E-state index contributed by atoms with van der Waals surface area (Å²) in [5.41, 5.74) is 4.32. The number of fused-ring (bicyclic) bond motifs is 1. The Balaban J connectivity index is 1.70. The summed E-state index contributed by atoms with van der Waals surface area (Å²) in [6, 6.07) is 6.86. The predicted molar refractivity (Wildman–Crippen MR) is 112 cm³/mol. The van der Waals surface area contributed by atoms with Crippen LogP contribution in [0.25, 0.3) is 11.8 Å². The summed E-state index contributed by atoms with van der Waals surface area (Å²) in [6.07, 6.45) is 1.74. The van der Waals surface area contributed by atoms with Crippen molar-refractivity contribution in [2.75, 3.05) is 18.6 Å². The summed E-state index contributed by atoms with van der Waals surface area (Å²) < 4.78 is 44.0. The van der Waals surface area contributed by atoms with E-state index in [4.69, 9.17) is 30.4 Å². The van der Waals surface area contributed by atoms with E-state index in [2.05, 4.69) is 15.4 Å². The molecular formula is C18H16ClN3O6S2. The number of halogens is 1. The lowest BCUT2D eigenvalue weighted by Gasteiger charge is -2.11. The monoisotopic (exact) mass is 469 g/mol. The first-order chi connectivity index (χ1) is 14.4. The Kier molecular flexibility index (Phi) is 5.60. The molecule has 1 aliphatic heterocycles. The standard InChI is InChI=1S/C18H16ClN3O6S2/c1-10-16(19)18(28-20-10)22-30(23,24)15-5-6-29-17(15)12(21-25-2)7-11-3-4-13-14(8-11)27-9-26-13/h3-8,21-22H,9H2,1-2H3. The van der Waals surface area contributed by atoms with Crippen molar-refractivity contribution in [3.8, 4) is 11.5 Å². The van der Waals surface area contributed by atoms with E-state index in [9.17, 15) is 8.42 Å². The molecule has 158 valence electrons. The van der Waals surface area contributed by atoms with E-state index in [0.717, 1.165) is 5.56 Å². The van der Waals surface area contributed by atoms with Crippen LogP contribution in [0.5, 0.6) is 11.5 Å². The first-order valence-corrected chi connectivity index (χ1v) is 11.3. The van der Waals surface area contributed by atoms with E-state index < -0.39 is 10.0 Å². The summed E-state index contributed by atoms with van der Waals surface area (Å²) in [4.78, 5) is 5.52. The predicted octanol–water partition coefficient (Wildman–Crippen LogP) is 3.88. The van der Waals surface area contributed by atoms with E-state index in [1.165, 1.54) is 24.5 Å². The molecule has 0 bridgehead atoms. The minimum absolute atomic E-state index is 0.0224.